The van der Waals surface area contributed by atoms with Gasteiger partial charge >= 0.3 is 5.97 Å². The molecule has 0 saturated heterocycles. The average molecular weight is 434 g/mol. The van der Waals surface area contributed by atoms with Crippen LogP contribution in [0.15, 0.2) is 66.0 Å². The molecule has 4 rings (SSSR count). The molecule has 0 spiro atoms. The summed E-state index contributed by atoms with van der Waals surface area (Å²) >= 11 is 1.30. The highest BCUT2D eigenvalue weighted by atomic mass is 32.2. The van der Waals surface area contributed by atoms with E-state index in [0.717, 1.165) is 5.56 Å². The SMILES string of the molecule is CCOC(=O)c1ccc(NC(=O)CSc2ccc3nnc(-c4cccnc4)n3n2)cc1. The summed E-state index contributed by atoms with van der Waals surface area (Å²) in [6.07, 6.45) is 3.38. The Bertz CT molecular complexity index is 1210. The van der Waals surface area contributed by atoms with Gasteiger partial charge in [0.15, 0.2) is 11.5 Å². The van der Waals surface area contributed by atoms with Crippen molar-refractivity contribution in [1.29, 1.82) is 0 Å². The summed E-state index contributed by atoms with van der Waals surface area (Å²) in [4.78, 5) is 28.1. The van der Waals surface area contributed by atoms with Gasteiger partial charge < -0.3 is 10.1 Å². The molecule has 9 nitrogen and oxygen atoms in total. The Labute approximate surface area is 181 Å². The standard InChI is InChI=1S/C21H18N6O3S/c1-2-30-21(29)14-5-7-16(8-6-14)23-18(28)13-31-19-10-9-17-24-25-20(27(17)26-19)15-4-3-11-22-12-15/h3-12H,2,13H2,1H3,(H,23,28). The highest BCUT2D eigenvalue weighted by Crippen LogP contribution is 2.20. The van der Waals surface area contributed by atoms with Crippen LogP contribution < -0.4 is 5.32 Å². The van der Waals surface area contributed by atoms with Crippen molar-refractivity contribution < 1.29 is 14.3 Å². The minimum absolute atomic E-state index is 0.169. The molecule has 0 saturated carbocycles. The summed E-state index contributed by atoms with van der Waals surface area (Å²) in [5.74, 6) is 0.170. The Kier molecular flexibility index (Phi) is 6.18. The predicted molar refractivity (Wildman–Crippen MR) is 116 cm³/mol. The fourth-order valence-electron chi connectivity index (χ4n) is 2.76. The number of carbonyl (C=O) groups is 2. The number of carbonyl (C=O) groups excluding carboxylic acids is 2. The minimum atomic E-state index is -0.392. The third-order valence-corrected chi connectivity index (χ3v) is 5.11. The lowest BCUT2D eigenvalue weighted by molar-refractivity contribution is -0.113. The second-order valence-electron chi connectivity index (χ2n) is 6.34. The quantitative estimate of drug-likeness (QED) is 0.349. The summed E-state index contributed by atoms with van der Waals surface area (Å²) in [6.45, 7) is 2.06. The monoisotopic (exact) mass is 434 g/mol. The zero-order valence-corrected chi connectivity index (χ0v) is 17.4. The van der Waals surface area contributed by atoms with E-state index in [1.54, 1.807) is 60.2 Å². The highest BCUT2D eigenvalue weighted by Gasteiger charge is 2.12. The van der Waals surface area contributed by atoms with Crippen molar-refractivity contribution in [1.82, 2.24) is 24.8 Å². The molecule has 4 aromatic rings. The van der Waals surface area contributed by atoms with Crippen LogP contribution in [-0.2, 0) is 9.53 Å². The number of amides is 1. The van der Waals surface area contributed by atoms with Gasteiger partial charge in [-0.1, -0.05) is 11.8 Å². The van der Waals surface area contributed by atoms with Crippen molar-refractivity contribution >= 4 is 35.0 Å². The van der Waals surface area contributed by atoms with E-state index >= 15 is 0 Å². The topological polar surface area (TPSA) is 111 Å². The number of hydrogen-bond acceptors (Lipinski definition) is 8. The van der Waals surface area contributed by atoms with Crippen molar-refractivity contribution in [2.75, 3.05) is 17.7 Å². The van der Waals surface area contributed by atoms with Crippen molar-refractivity contribution in [2.45, 2.75) is 11.9 Å². The van der Waals surface area contributed by atoms with Crippen LogP contribution in [0.4, 0.5) is 5.69 Å². The number of benzene rings is 1. The summed E-state index contributed by atoms with van der Waals surface area (Å²) in [6, 6.07) is 13.8. The Morgan fingerprint density at radius 2 is 1.94 bits per heavy atom. The van der Waals surface area contributed by atoms with Gasteiger partial charge in [0.1, 0.15) is 5.03 Å². The number of fused-ring (bicyclic) bond motifs is 1. The number of nitrogens with one attached hydrogen (secondary N) is 1. The molecule has 3 heterocycles. The number of anilines is 1. The number of esters is 1. The first-order chi connectivity index (χ1) is 15.1. The lowest BCUT2D eigenvalue weighted by Crippen LogP contribution is -2.14. The molecule has 1 aromatic carbocycles. The predicted octanol–water partition coefficient (Wildman–Crippen LogP) is 3.09. The van der Waals surface area contributed by atoms with Crippen LogP contribution in [0.5, 0.6) is 0 Å². The molecule has 0 fully saturated rings. The number of thioether (sulfide) groups is 1. The molecular weight excluding hydrogens is 416 g/mol. The molecule has 1 amide bonds. The van der Waals surface area contributed by atoms with Crippen LogP contribution in [0.1, 0.15) is 17.3 Å². The van der Waals surface area contributed by atoms with Gasteiger partial charge in [-0.05, 0) is 55.5 Å². The lowest BCUT2D eigenvalue weighted by Gasteiger charge is -2.07. The van der Waals surface area contributed by atoms with E-state index in [1.807, 2.05) is 12.1 Å². The van der Waals surface area contributed by atoms with Gasteiger partial charge in [-0.3, -0.25) is 9.78 Å². The average Bonchev–Trinajstić information content (AvgIpc) is 3.22. The van der Waals surface area contributed by atoms with E-state index in [0.29, 0.717) is 34.4 Å². The van der Waals surface area contributed by atoms with Gasteiger partial charge in [-0.2, -0.15) is 9.61 Å². The molecule has 10 heteroatoms. The van der Waals surface area contributed by atoms with Crippen molar-refractivity contribution in [2.24, 2.45) is 0 Å². The number of ether oxygens (including phenoxy) is 1. The molecule has 0 aliphatic heterocycles. The Hall–Kier alpha value is -3.79. The van der Waals surface area contributed by atoms with E-state index in [-0.39, 0.29) is 11.7 Å². The first-order valence-electron chi connectivity index (χ1n) is 9.47. The normalized spacial score (nSPS) is 10.7. The molecule has 0 aliphatic rings. The third-order valence-electron chi connectivity index (χ3n) is 4.19. The molecule has 31 heavy (non-hydrogen) atoms. The second-order valence-corrected chi connectivity index (χ2v) is 7.34. The van der Waals surface area contributed by atoms with Gasteiger partial charge in [-0.25, -0.2) is 4.79 Å². The van der Waals surface area contributed by atoms with Crippen LogP contribution in [0.3, 0.4) is 0 Å². The van der Waals surface area contributed by atoms with Crippen LogP contribution >= 0.6 is 11.8 Å². The van der Waals surface area contributed by atoms with Crippen molar-refractivity contribution in [3.63, 3.8) is 0 Å². The molecule has 0 bridgehead atoms. The molecule has 1 N–H and O–H groups in total. The van der Waals surface area contributed by atoms with Gasteiger partial charge in [0.25, 0.3) is 0 Å². The minimum Gasteiger partial charge on any atom is -0.462 e. The highest BCUT2D eigenvalue weighted by molar-refractivity contribution is 7.99. The maximum Gasteiger partial charge on any atom is 0.338 e. The number of aromatic nitrogens is 5. The van der Waals surface area contributed by atoms with Crippen molar-refractivity contribution in [3.05, 3.63) is 66.5 Å². The zero-order chi connectivity index (χ0) is 21.6. The molecule has 3 aromatic heterocycles. The van der Waals surface area contributed by atoms with Crippen molar-refractivity contribution in [3.8, 4) is 11.4 Å². The summed E-state index contributed by atoms with van der Waals surface area (Å²) in [7, 11) is 0. The Morgan fingerprint density at radius 3 is 2.68 bits per heavy atom. The number of nitrogens with zero attached hydrogens (tertiary/aromatic N) is 5. The van der Waals surface area contributed by atoms with Gasteiger partial charge in [0.05, 0.1) is 17.9 Å². The van der Waals surface area contributed by atoms with E-state index in [9.17, 15) is 9.59 Å². The first-order valence-corrected chi connectivity index (χ1v) is 10.5. The molecular formula is C21H18N6O3S. The van der Waals surface area contributed by atoms with Gasteiger partial charge in [-0.15, -0.1) is 10.2 Å². The Morgan fingerprint density at radius 1 is 1.10 bits per heavy atom. The molecule has 0 unspecified atom stereocenters. The van der Waals surface area contributed by atoms with Crippen LogP contribution in [0, 0.1) is 0 Å². The fourth-order valence-corrected chi connectivity index (χ4v) is 3.42. The summed E-state index contributed by atoms with van der Waals surface area (Å²) in [5, 5.41) is 16.3. The van der Waals surface area contributed by atoms with E-state index < -0.39 is 5.97 Å². The molecule has 156 valence electrons. The summed E-state index contributed by atoms with van der Waals surface area (Å²) < 4.78 is 6.58. The maximum atomic E-state index is 12.3. The second kappa shape index (κ2) is 9.35. The van der Waals surface area contributed by atoms with E-state index in [4.69, 9.17) is 4.74 Å². The van der Waals surface area contributed by atoms with E-state index in [2.05, 4.69) is 25.6 Å². The smallest absolute Gasteiger partial charge is 0.338 e. The van der Waals surface area contributed by atoms with Crippen LogP contribution in [0.25, 0.3) is 17.0 Å². The van der Waals surface area contributed by atoms with Gasteiger partial charge in [0, 0.05) is 23.6 Å². The number of rotatable bonds is 7. The largest absolute Gasteiger partial charge is 0.462 e. The van der Waals surface area contributed by atoms with E-state index in [1.165, 1.54) is 11.8 Å². The first kappa shape index (κ1) is 20.5. The lowest BCUT2D eigenvalue weighted by atomic mass is 10.2. The van der Waals surface area contributed by atoms with Crippen LogP contribution in [-0.4, -0.2) is 49.0 Å². The van der Waals surface area contributed by atoms with Gasteiger partial charge in [0.2, 0.25) is 5.91 Å². The number of pyridine rings is 1. The fraction of sp³-hybridized carbons (Fsp3) is 0.143. The van der Waals surface area contributed by atoms with Crippen LogP contribution in [0.2, 0.25) is 0 Å². The molecule has 0 radical (unpaired) electrons. The molecule has 0 atom stereocenters. The summed E-state index contributed by atoms with van der Waals surface area (Å²) in [5.41, 5.74) is 2.44. The Balaban J connectivity index is 1.40. The third kappa shape index (κ3) is 4.86. The maximum absolute atomic E-state index is 12.3. The number of hydrogen-bond donors (Lipinski definition) is 1. The molecule has 0 aliphatic carbocycles. The zero-order valence-electron chi connectivity index (χ0n) is 16.6.